The van der Waals surface area contributed by atoms with Crippen molar-refractivity contribution in [2.75, 3.05) is 51.4 Å². The Hall–Kier alpha value is -3.26. The number of nitrogens with zero attached hydrogens (tertiary/aromatic N) is 3. The van der Waals surface area contributed by atoms with Gasteiger partial charge in [0.2, 0.25) is 5.91 Å². The first-order valence-corrected chi connectivity index (χ1v) is 12.7. The molecule has 0 N–H and O–H groups in total. The third-order valence-electron chi connectivity index (χ3n) is 6.28. The summed E-state index contributed by atoms with van der Waals surface area (Å²) in [6, 6.07) is 24.3. The number of ether oxygens (including phenoxy) is 2. The Balaban J connectivity index is 1.35. The molecule has 0 saturated carbocycles. The molecule has 1 fully saturated rings. The van der Waals surface area contributed by atoms with E-state index in [9.17, 15) is 4.79 Å². The summed E-state index contributed by atoms with van der Waals surface area (Å²) in [5.74, 6) is 0.842. The number of amides is 1. The number of thiazole rings is 1. The lowest BCUT2D eigenvalue weighted by molar-refractivity contribution is -0.118. The summed E-state index contributed by atoms with van der Waals surface area (Å²) in [7, 11) is 1.66. The largest absolute Gasteiger partial charge is 0.497 e. The Morgan fingerprint density at radius 2 is 1.77 bits per heavy atom. The summed E-state index contributed by atoms with van der Waals surface area (Å²) in [6.45, 7) is 4.64. The van der Waals surface area contributed by atoms with Crippen LogP contribution in [0.1, 0.15) is 5.56 Å². The molecule has 1 amide bonds. The zero-order valence-corrected chi connectivity index (χ0v) is 20.7. The van der Waals surface area contributed by atoms with Crippen LogP contribution in [0.4, 0.5) is 5.13 Å². The van der Waals surface area contributed by atoms with E-state index in [0.29, 0.717) is 13.0 Å². The van der Waals surface area contributed by atoms with Gasteiger partial charge in [0.25, 0.3) is 0 Å². The van der Waals surface area contributed by atoms with Crippen LogP contribution in [0.5, 0.6) is 5.75 Å². The maximum absolute atomic E-state index is 13.6. The van der Waals surface area contributed by atoms with Gasteiger partial charge < -0.3 is 9.47 Å². The van der Waals surface area contributed by atoms with E-state index in [1.54, 1.807) is 7.11 Å². The molecule has 1 aliphatic heterocycles. The van der Waals surface area contributed by atoms with Gasteiger partial charge in [0.1, 0.15) is 5.75 Å². The number of fused-ring (bicyclic) bond motifs is 1. The number of anilines is 1. The molecule has 5 rings (SSSR count). The molecule has 1 saturated heterocycles. The van der Waals surface area contributed by atoms with Crippen molar-refractivity contribution in [2.24, 2.45) is 0 Å². The van der Waals surface area contributed by atoms with E-state index < -0.39 is 0 Å². The van der Waals surface area contributed by atoms with Gasteiger partial charge in [0.15, 0.2) is 5.13 Å². The molecule has 0 aliphatic carbocycles. The Labute approximate surface area is 209 Å². The standard InChI is InChI=1S/C28H29N3O3S/c1-33-24-11-12-25-26(20-24)35-28(29-25)31(14-13-30-15-17-34-18-16-30)27(32)19-21-7-9-23(10-8-21)22-5-3-2-4-6-22/h2-12,20H,13-19H2,1H3. The minimum Gasteiger partial charge on any atom is -0.497 e. The molecule has 35 heavy (non-hydrogen) atoms. The van der Waals surface area contributed by atoms with Crippen LogP contribution >= 0.6 is 11.3 Å². The number of hydrogen-bond donors (Lipinski definition) is 0. The van der Waals surface area contributed by atoms with E-state index >= 15 is 0 Å². The van der Waals surface area contributed by atoms with Crippen molar-refractivity contribution >= 4 is 32.6 Å². The molecule has 6 nitrogen and oxygen atoms in total. The first kappa shape index (κ1) is 23.5. The first-order valence-electron chi connectivity index (χ1n) is 11.9. The monoisotopic (exact) mass is 487 g/mol. The molecule has 2 heterocycles. The number of benzene rings is 3. The molecular formula is C28H29N3O3S. The second-order valence-electron chi connectivity index (χ2n) is 8.57. The van der Waals surface area contributed by atoms with Crippen LogP contribution in [0, 0.1) is 0 Å². The lowest BCUT2D eigenvalue weighted by Gasteiger charge is -2.29. The SMILES string of the molecule is COc1ccc2nc(N(CCN3CCOCC3)C(=O)Cc3ccc(-c4ccccc4)cc3)sc2c1. The van der Waals surface area contributed by atoms with Crippen molar-refractivity contribution in [1.29, 1.82) is 0 Å². The fourth-order valence-electron chi connectivity index (χ4n) is 4.24. The molecule has 3 aromatic carbocycles. The van der Waals surface area contributed by atoms with Crippen LogP contribution in [0.3, 0.4) is 0 Å². The smallest absolute Gasteiger partial charge is 0.233 e. The summed E-state index contributed by atoms with van der Waals surface area (Å²) >= 11 is 1.53. The van der Waals surface area contributed by atoms with E-state index in [2.05, 4.69) is 29.2 Å². The van der Waals surface area contributed by atoms with Gasteiger partial charge in [-0.15, -0.1) is 0 Å². The average molecular weight is 488 g/mol. The number of carbonyl (C=O) groups excluding carboxylic acids is 1. The number of carbonyl (C=O) groups is 1. The van der Waals surface area contributed by atoms with E-state index in [0.717, 1.165) is 65.1 Å². The molecule has 7 heteroatoms. The molecule has 0 radical (unpaired) electrons. The minimum atomic E-state index is 0.0525. The summed E-state index contributed by atoms with van der Waals surface area (Å²) in [5.41, 5.74) is 4.18. The number of morpholine rings is 1. The Morgan fingerprint density at radius 3 is 2.51 bits per heavy atom. The van der Waals surface area contributed by atoms with Gasteiger partial charge in [-0.3, -0.25) is 14.6 Å². The molecule has 1 aliphatic rings. The molecule has 1 aromatic heterocycles. The highest BCUT2D eigenvalue weighted by molar-refractivity contribution is 7.22. The summed E-state index contributed by atoms with van der Waals surface area (Å²) < 4.78 is 11.9. The normalized spacial score (nSPS) is 14.2. The highest BCUT2D eigenvalue weighted by Crippen LogP contribution is 2.32. The Kier molecular flexibility index (Phi) is 7.37. The number of aromatic nitrogens is 1. The summed E-state index contributed by atoms with van der Waals surface area (Å²) in [4.78, 5) is 22.5. The van der Waals surface area contributed by atoms with Crippen LogP contribution in [0.15, 0.2) is 72.8 Å². The molecule has 180 valence electrons. The van der Waals surface area contributed by atoms with Crippen LogP contribution in [0.2, 0.25) is 0 Å². The van der Waals surface area contributed by atoms with E-state index in [1.165, 1.54) is 16.9 Å². The molecule has 0 bridgehead atoms. The lowest BCUT2D eigenvalue weighted by atomic mass is 10.0. The zero-order chi connectivity index (χ0) is 24.0. The van der Waals surface area contributed by atoms with Gasteiger partial charge >= 0.3 is 0 Å². The second-order valence-corrected chi connectivity index (χ2v) is 9.58. The molecule has 0 atom stereocenters. The second kappa shape index (κ2) is 11.0. The van der Waals surface area contributed by atoms with Crippen molar-refractivity contribution in [3.8, 4) is 16.9 Å². The van der Waals surface area contributed by atoms with Crippen LogP contribution < -0.4 is 9.64 Å². The molecular weight excluding hydrogens is 458 g/mol. The van der Waals surface area contributed by atoms with Gasteiger partial charge in [0, 0.05) is 26.2 Å². The predicted molar refractivity (Wildman–Crippen MR) is 141 cm³/mol. The van der Waals surface area contributed by atoms with Gasteiger partial charge in [-0.05, 0) is 34.9 Å². The van der Waals surface area contributed by atoms with E-state index in [4.69, 9.17) is 14.5 Å². The third kappa shape index (κ3) is 5.70. The van der Waals surface area contributed by atoms with Gasteiger partial charge in [0.05, 0.1) is 37.0 Å². The zero-order valence-electron chi connectivity index (χ0n) is 19.9. The van der Waals surface area contributed by atoms with Crippen molar-refractivity contribution < 1.29 is 14.3 Å². The van der Waals surface area contributed by atoms with Crippen molar-refractivity contribution in [2.45, 2.75) is 6.42 Å². The van der Waals surface area contributed by atoms with Crippen molar-refractivity contribution in [1.82, 2.24) is 9.88 Å². The Morgan fingerprint density at radius 1 is 1.03 bits per heavy atom. The van der Waals surface area contributed by atoms with Crippen molar-refractivity contribution in [3.05, 3.63) is 78.4 Å². The predicted octanol–water partition coefficient (Wildman–Crippen LogP) is 4.88. The topological polar surface area (TPSA) is 54.9 Å². The Bertz CT molecular complexity index is 1270. The maximum atomic E-state index is 13.6. The van der Waals surface area contributed by atoms with Crippen LogP contribution in [-0.2, 0) is 16.0 Å². The highest BCUT2D eigenvalue weighted by atomic mass is 32.1. The molecule has 0 unspecified atom stereocenters. The van der Waals surface area contributed by atoms with Crippen LogP contribution in [0.25, 0.3) is 21.3 Å². The van der Waals surface area contributed by atoms with E-state index in [-0.39, 0.29) is 5.91 Å². The highest BCUT2D eigenvalue weighted by Gasteiger charge is 2.22. The number of hydrogen-bond acceptors (Lipinski definition) is 6. The number of rotatable bonds is 8. The fraction of sp³-hybridized carbons (Fsp3) is 0.286. The minimum absolute atomic E-state index is 0.0525. The third-order valence-corrected chi connectivity index (χ3v) is 7.32. The maximum Gasteiger partial charge on any atom is 0.233 e. The first-order chi connectivity index (χ1) is 17.2. The number of methoxy groups -OCH3 is 1. The van der Waals surface area contributed by atoms with Crippen LogP contribution in [-0.4, -0.2) is 62.3 Å². The van der Waals surface area contributed by atoms with E-state index in [1.807, 2.05) is 53.4 Å². The quantitative estimate of drug-likeness (QED) is 0.355. The fourth-order valence-corrected chi connectivity index (χ4v) is 5.28. The summed E-state index contributed by atoms with van der Waals surface area (Å²) in [6.07, 6.45) is 0.331. The van der Waals surface area contributed by atoms with Gasteiger partial charge in [-0.25, -0.2) is 4.98 Å². The molecule has 4 aromatic rings. The van der Waals surface area contributed by atoms with Gasteiger partial charge in [-0.1, -0.05) is 65.9 Å². The average Bonchev–Trinajstić information content (AvgIpc) is 3.33. The lowest BCUT2D eigenvalue weighted by Crippen LogP contribution is -2.43. The van der Waals surface area contributed by atoms with Gasteiger partial charge in [-0.2, -0.15) is 0 Å². The van der Waals surface area contributed by atoms with Crippen molar-refractivity contribution in [3.63, 3.8) is 0 Å². The summed E-state index contributed by atoms with van der Waals surface area (Å²) in [5, 5.41) is 0.729. The molecule has 0 spiro atoms.